The maximum absolute atomic E-state index is 12.6. The van der Waals surface area contributed by atoms with Crippen LogP contribution in [0.5, 0.6) is 0 Å². The molecule has 1 aromatic heterocycles. The summed E-state index contributed by atoms with van der Waals surface area (Å²) in [6.45, 7) is 8.25. The van der Waals surface area contributed by atoms with Gasteiger partial charge in [0, 0.05) is 25.3 Å². The summed E-state index contributed by atoms with van der Waals surface area (Å²) in [7, 11) is 3.99. The van der Waals surface area contributed by atoms with Crippen LogP contribution in [-0.2, 0) is 0 Å². The number of aromatic nitrogens is 2. The Hall–Kier alpha value is -1.56. The molecule has 6 heteroatoms. The minimum atomic E-state index is -0.0423. The minimum Gasteiger partial charge on any atom is -0.382 e. The van der Waals surface area contributed by atoms with Crippen LogP contribution in [0.15, 0.2) is 0 Å². The second kappa shape index (κ2) is 6.56. The molecule has 0 fully saturated rings. The van der Waals surface area contributed by atoms with Gasteiger partial charge in [0.1, 0.15) is 5.56 Å². The third-order valence-electron chi connectivity index (χ3n) is 2.88. The van der Waals surface area contributed by atoms with Gasteiger partial charge in [0.05, 0.1) is 0 Å². The first-order chi connectivity index (χ1) is 8.82. The first-order valence-electron chi connectivity index (χ1n) is 6.57. The van der Waals surface area contributed by atoms with Crippen molar-refractivity contribution < 1.29 is 4.79 Å². The number of aromatic amines is 1. The molecule has 0 radical (unpaired) electrons. The Kier molecular flexibility index (Phi) is 5.35. The van der Waals surface area contributed by atoms with Crippen molar-refractivity contribution in [1.82, 2.24) is 20.0 Å². The summed E-state index contributed by atoms with van der Waals surface area (Å²) in [6, 6.07) is 0. The number of nitrogens with zero attached hydrogens (tertiary/aromatic N) is 3. The normalized spacial score (nSPS) is 11.3. The van der Waals surface area contributed by atoms with Gasteiger partial charge in [0.15, 0.2) is 5.82 Å². The third-order valence-corrected chi connectivity index (χ3v) is 2.88. The molecule has 0 atom stereocenters. The van der Waals surface area contributed by atoms with Crippen molar-refractivity contribution in [1.29, 1.82) is 0 Å². The lowest BCUT2D eigenvalue weighted by atomic mass is 10.1. The van der Waals surface area contributed by atoms with Crippen LogP contribution in [0.3, 0.4) is 0 Å². The Morgan fingerprint density at radius 3 is 2.42 bits per heavy atom. The van der Waals surface area contributed by atoms with E-state index in [9.17, 15) is 4.79 Å². The Balaban J connectivity index is 2.87. The van der Waals surface area contributed by atoms with Crippen LogP contribution in [0, 0.1) is 12.8 Å². The monoisotopic (exact) mass is 267 g/mol. The molecule has 1 rings (SSSR count). The highest BCUT2D eigenvalue weighted by Gasteiger charge is 2.22. The Bertz CT molecular complexity index is 405. The fraction of sp³-hybridized carbons (Fsp3) is 0.692. The van der Waals surface area contributed by atoms with Crippen molar-refractivity contribution in [2.75, 3.05) is 39.5 Å². The lowest BCUT2D eigenvalue weighted by molar-refractivity contribution is 0.0725. The topological polar surface area (TPSA) is 78.2 Å². The summed E-state index contributed by atoms with van der Waals surface area (Å²) >= 11 is 0. The van der Waals surface area contributed by atoms with E-state index < -0.39 is 0 Å². The zero-order valence-corrected chi connectivity index (χ0v) is 12.5. The van der Waals surface area contributed by atoms with Gasteiger partial charge in [-0.1, -0.05) is 13.8 Å². The minimum absolute atomic E-state index is 0.0423. The lowest BCUT2D eigenvalue weighted by Gasteiger charge is -2.26. The van der Waals surface area contributed by atoms with Crippen LogP contribution >= 0.6 is 0 Å². The fourth-order valence-corrected chi connectivity index (χ4v) is 1.91. The van der Waals surface area contributed by atoms with Crippen molar-refractivity contribution in [2.45, 2.75) is 20.8 Å². The van der Waals surface area contributed by atoms with E-state index in [2.05, 4.69) is 28.9 Å². The van der Waals surface area contributed by atoms with E-state index in [0.29, 0.717) is 18.0 Å². The zero-order chi connectivity index (χ0) is 14.6. The van der Waals surface area contributed by atoms with Gasteiger partial charge in [0.2, 0.25) is 0 Å². The summed E-state index contributed by atoms with van der Waals surface area (Å²) in [5.41, 5.74) is 6.99. The molecular formula is C13H25N5O. The number of aryl methyl sites for hydroxylation is 1. The highest BCUT2D eigenvalue weighted by Crippen LogP contribution is 2.16. The zero-order valence-electron chi connectivity index (χ0n) is 12.5. The highest BCUT2D eigenvalue weighted by atomic mass is 16.2. The summed E-state index contributed by atoms with van der Waals surface area (Å²) in [6.07, 6.45) is 0. The van der Waals surface area contributed by atoms with Crippen LogP contribution in [0.1, 0.15) is 29.9 Å². The average Bonchev–Trinajstić information content (AvgIpc) is 2.63. The van der Waals surface area contributed by atoms with Gasteiger partial charge in [-0.3, -0.25) is 9.89 Å². The number of nitrogen functional groups attached to an aromatic ring is 1. The van der Waals surface area contributed by atoms with Gasteiger partial charge < -0.3 is 15.5 Å². The molecule has 3 N–H and O–H groups in total. The number of rotatable bonds is 6. The van der Waals surface area contributed by atoms with Crippen molar-refractivity contribution in [3.8, 4) is 0 Å². The van der Waals surface area contributed by atoms with Crippen LogP contribution in [-0.4, -0.2) is 59.6 Å². The van der Waals surface area contributed by atoms with Gasteiger partial charge in [-0.2, -0.15) is 5.10 Å². The molecule has 0 aliphatic carbocycles. The number of hydrogen-bond donors (Lipinski definition) is 2. The highest BCUT2D eigenvalue weighted by molar-refractivity contribution is 5.99. The smallest absolute Gasteiger partial charge is 0.259 e. The van der Waals surface area contributed by atoms with E-state index in [1.54, 1.807) is 0 Å². The molecule has 1 aromatic rings. The maximum atomic E-state index is 12.6. The van der Waals surface area contributed by atoms with E-state index in [0.717, 1.165) is 18.8 Å². The molecular weight excluding hydrogens is 242 g/mol. The van der Waals surface area contributed by atoms with Gasteiger partial charge in [-0.05, 0) is 26.9 Å². The number of hydrogen-bond acceptors (Lipinski definition) is 4. The SMILES string of the molecule is Cc1[nH]nc(N)c1C(=O)N(CCN(C)C)CC(C)C. The summed E-state index contributed by atoms with van der Waals surface area (Å²) in [5, 5.41) is 6.65. The molecule has 6 nitrogen and oxygen atoms in total. The number of carbonyl (C=O) groups excluding carboxylic acids is 1. The van der Waals surface area contributed by atoms with Crippen molar-refractivity contribution in [3.63, 3.8) is 0 Å². The molecule has 108 valence electrons. The van der Waals surface area contributed by atoms with Gasteiger partial charge >= 0.3 is 0 Å². The number of nitrogens with one attached hydrogen (secondary N) is 1. The van der Waals surface area contributed by atoms with Gasteiger partial charge in [-0.25, -0.2) is 0 Å². The van der Waals surface area contributed by atoms with E-state index in [1.807, 2.05) is 25.9 Å². The predicted molar refractivity (Wildman–Crippen MR) is 77.0 cm³/mol. The summed E-state index contributed by atoms with van der Waals surface area (Å²) in [5.74, 6) is 0.653. The number of amides is 1. The first kappa shape index (κ1) is 15.5. The van der Waals surface area contributed by atoms with Crippen LogP contribution in [0.4, 0.5) is 5.82 Å². The van der Waals surface area contributed by atoms with Crippen LogP contribution in [0.2, 0.25) is 0 Å². The van der Waals surface area contributed by atoms with Crippen LogP contribution < -0.4 is 5.73 Å². The second-order valence-electron chi connectivity index (χ2n) is 5.56. The van der Waals surface area contributed by atoms with Crippen LogP contribution in [0.25, 0.3) is 0 Å². The predicted octanol–water partition coefficient (Wildman–Crippen LogP) is 0.960. The molecule has 0 aliphatic heterocycles. The van der Waals surface area contributed by atoms with E-state index in [-0.39, 0.29) is 11.7 Å². The quantitative estimate of drug-likeness (QED) is 0.804. The first-order valence-corrected chi connectivity index (χ1v) is 6.57. The number of likely N-dealkylation sites (N-methyl/N-ethyl adjacent to an activating group) is 1. The largest absolute Gasteiger partial charge is 0.382 e. The van der Waals surface area contributed by atoms with Crippen molar-refractivity contribution >= 4 is 11.7 Å². The molecule has 0 saturated heterocycles. The fourth-order valence-electron chi connectivity index (χ4n) is 1.91. The van der Waals surface area contributed by atoms with Gasteiger partial charge in [0.25, 0.3) is 5.91 Å². The molecule has 1 amide bonds. The Morgan fingerprint density at radius 1 is 1.37 bits per heavy atom. The molecule has 0 saturated carbocycles. The Morgan fingerprint density at radius 2 is 2.00 bits per heavy atom. The summed E-state index contributed by atoms with van der Waals surface area (Å²) in [4.78, 5) is 16.5. The maximum Gasteiger partial charge on any atom is 0.259 e. The molecule has 0 spiro atoms. The molecule has 0 aromatic carbocycles. The third kappa shape index (κ3) is 4.24. The second-order valence-corrected chi connectivity index (χ2v) is 5.56. The number of H-pyrrole nitrogens is 1. The average molecular weight is 267 g/mol. The van der Waals surface area contributed by atoms with Crippen molar-refractivity contribution in [2.24, 2.45) is 5.92 Å². The van der Waals surface area contributed by atoms with E-state index in [1.165, 1.54) is 0 Å². The molecule has 0 aliphatic rings. The van der Waals surface area contributed by atoms with Crippen molar-refractivity contribution in [3.05, 3.63) is 11.3 Å². The summed E-state index contributed by atoms with van der Waals surface area (Å²) < 4.78 is 0. The molecule has 1 heterocycles. The Labute approximate surface area is 114 Å². The molecule has 19 heavy (non-hydrogen) atoms. The number of carbonyl (C=O) groups is 1. The van der Waals surface area contributed by atoms with Gasteiger partial charge in [-0.15, -0.1) is 0 Å². The molecule has 0 bridgehead atoms. The standard InChI is InChI=1S/C13H25N5O/c1-9(2)8-18(7-6-17(4)5)13(19)11-10(3)15-16-12(11)14/h9H,6-8H2,1-5H3,(H3,14,15,16). The van der Waals surface area contributed by atoms with E-state index >= 15 is 0 Å². The lowest BCUT2D eigenvalue weighted by Crippen LogP contribution is -2.39. The van der Waals surface area contributed by atoms with E-state index in [4.69, 9.17) is 5.73 Å². The number of nitrogens with two attached hydrogens (primary N) is 1. The molecule has 0 unspecified atom stereocenters. The number of anilines is 1.